The molecule has 104 valence electrons. The maximum atomic E-state index is 12.3. The fourth-order valence-electron chi connectivity index (χ4n) is 1.87. The molecule has 0 amide bonds. The largest absolute Gasteiger partial charge is 0.241 e. The number of sulfonamides is 1. The number of benzene rings is 2. The lowest BCUT2D eigenvalue weighted by molar-refractivity contribution is 0.574. The summed E-state index contributed by atoms with van der Waals surface area (Å²) >= 11 is 0. The third-order valence-electron chi connectivity index (χ3n) is 3.01. The Morgan fingerprint density at radius 3 is 2.20 bits per heavy atom. The molecule has 4 heteroatoms. The van der Waals surface area contributed by atoms with Crippen molar-refractivity contribution >= 4 is 10.0 Å². The van der Waals surface area contributed by atoms with Crippen molar-refractivity contribution in [2.24, 2.45) is 0 Å². The molecule has 0 bridgehead atoms. The second-order valence-corrected chi connectivity index (χ2v) is 6.27. The van der Waals surface area contributed by atoms with Gasteiger partial charge in [0.1, 0.15) is 0 Å². The first-order valence-corrected chi connectivity index (χ1v) is 7.78. The van der Waals surface area contributed by atoms with Gasteiger partial charge in [0.05, 0.1) is 10.9 Å². The summed E-state index contributed by atoms with van der Waals surface area (Å²) in [6.07, 6.45) is 1.58. The highest BCUT2D eigenvalue weighted by atomic mass is 32.2. The van der Waals surface area contributed by atoms with Crippen LogP contribution in [0, 0.1) is 6.92 Å². The Kier molecular flexibility index (Phi) is 4.37. The molecule has 0 aliphatic carbocycles. The summed E-state index contributed by atoms with van der Waals surface area (Å²) in [5.74, 6) is 0. The topological polar surface area (TPSA) is 46.2 Å². The number of aryl methyl sites for hydroxylation is 1. The lowest BCUT2D eigenvalue weighted by atomic mass is 10.1. The standard InChI is InChI=1S/C16H17NO2S/c1-3-16(14-7-5-4-6-8-14)17-20(18,19)15-11-9-13(2)10-12-15/h3-12,16-17H,1H2,2H3. The predicted octanol–water partition coefficient (Wildman–Crippen LogP) is 3.20. The second kappa shape index (κ2) is 6.03. The van der Waals surface area contributed by atoms with E-state index in [4.69, 9.17) is 0 Å². The quantitative estimate of drug-likeness (QED) is 0.858. The Balaban J connectivity index is 2.27. The van der Waals surface area contributed by atoms with Crippen LogP contribution in [0.25, 0.3) is 0 Å². The molecule has 2 aromatic rings. The number of hydrogen-bond acceptors (Lipinski definition) is 2. The van der Waals surface area contributed by atoms with Crippen molar-refractivity contribution in [1.29, 1.82) is 0 Å². The van der Waals surface area contributed by atoms with Crippen LogP contribution < -0.4 is 4.72 Å². The van der Waals surface area contributed by atoms with E-state index in [0.29, 0.717) is 0 Å². The highest BCUT2D eigenvalue weighted by molar-refractivity contribution is 7.89. The Bertz CT molecular complexity index is 676. The Morgan fingerprint density at radius 2 is 1.65 bits per heavy atom. The lowest BCUT2D eigenvalue weighted by Gasteiger charge is -2.15. The molecular formula is C16H17NO2S. The first-order valence-electron chi connectivity index (χ1n) is 6.29. The second-order valence-electron chi connectivity index (χ2n) is 4.56. The molecule has 1 atom stereocenters. The highest BCUT2D eigenvalue weighted by Gasteiger charge is 2.18. The molecule has 1 N–H and O–H groups in total. The van der Waals surface area contributed by atoms with Gasteiger partial charge in [-0.3, -0.25) is 0 Å². The smallest absolute Gasteiger partial charge is 0.207 e. The minimum atomic E-state index is -3.56. The third kappa shape index (κ3) is 3.35. The van der Waals surface area contributed by atoms with E-state index in [2.05, 4.69) is 11.3 Å². The first-order chi connectivity index (χ1) is 9.53. The van der Waals surface area contributed by atoms with E-state index < -0.39 is 16.1 Å². The van der Waals surface area contributed by atoms with Gasteiger partial charge < -0.3 is 0 Å². The lowest BCUT2D eigenvalue weighted by Crippen LogP contribution is -2.27. The van der Waals surface area contributed by atoms with E-state index in [9.17, 15) is 8.42 Å². The van der Waals surface area contributed by atoms with Crippen LogP contribution >= 0.6 is 0 Å². The maximum absolute atomic E-state index is 12.3. The van der Waals surface area contributed by atoms with E-state index in [0.717, 1.165) is 11.1 Å². The Morgan fingerprint density at radius 1 is 1.05 bits per heavy atom. The fourth-order valence-corrected chi connectivity index (χ4v) is 3.06. The Hall–Kier alpha value is -1.91. The molecule has 0 saturated heterocycles. The van der Waals surface area contributed by atoms with Crippen LogP contribution in [0.5, 0.6) is 0 Å². The van der Waals surface area contributed by atoms with Crippen LogP contribution in [0.2, 0.25) is 0 Å². The molecule has 0 aliphatic heterocycles. The van der Waals surface area contributed by atoms with Gasteiger partial charge in [0, 0.05) is 0 Å². The fraction of sp³-hybridized carbons (Fsp3) is 0.125. The van der Waals surface area contributed by atoms with Gasteiger partial charge in [-0.15, -0.1) is 6.58 Å². The zero-order valence-corrected chi connectivity index (χ0v) is 12.1. The number of rotatable bonds is 5. The van der Waals surface area contributed by atoms with Gasteiger partial charge in [-0.05, 0) is 24.6 Å². The van der Waals surface area contributed by atoms with E-state index in [1.165, 1.54) is 0 Å². The van der Waals surface area contributed by atoms with Crippen molar-refractivity contribution in [3.63, 3.8) is 0 Å². The van der Waals surface area contributed by atoms with Crippen LogP contribution in [0.15, 0.2) is 72.1 Å². The molecule has 0 aromatic heterocycles. The molecule has 20 heavy (non-hydrogen) atoms. The van der Waals surface area contributed by atoms with Gasteiger partial charge >= 0.3 is 0 Å². The molecule has 0 aliphatic rings. The first kappa shape index (κ1) is 14.5. The van der Waals surface area contributed by atoms with E-state index in [-0.39, 0.29) is 4.90 Å². The van der Waals surface area contributed by atoms with Crippen LogP contribution in [0.3, 0.4) is 0 Å². The Labute approximate surface area is 120 Å². The van der Waals surface area contributed by atoms with Gasteiger partial charge in [0.15, 0.2) is 0 Å². The highest BCUT2D eigenvalue weighted by Crippen LogP contribution is 2.18. The van der Waals surface area contributed by atoms with Crippen molar-refractivity contribution in [3.05, 3.63) is 78.4 Å². The van der Waals surface area contributed by atoms with Crippen LogP contribution in [-0.2, 0) is 10.0 Å². The number of nitrogens with one attached hydrogen (secondary N) is 1. The van der Waals surface area contributed by atoms with Crippen LogP contribution in [0.4, 0.5) is 0 Å². The summed E-state index contributed by atoms with van der Waals surface area (Å²) in [5, 5.41) is 0. The molecule has 2 aromatic carbocycles. The van der Waals surface area contributed by atoms with Gasteiger partial charge in [-0.1, -0.05) is 54.1 Å². The van der Waals surface area contributed by atoms with Crippen molar-refractivity contribution in [2.75, 3.05) is 0 Å². The van der Waals surface area contributed by atoms with Gasteiger partial charge in [0.25, 0.3) is 0 Å². The van der Waals surface area contributed by atoms with E-state index in [1.54, 1.807) is 30.3 Å². The molecule has 3 nitrogen and oxygen atoms in total. The maximum Gasteiger partial charge on any atom is 0.241 e. The van der Waals surface area contributed by atoms with Crippen LogP contribution in [-0.4, -0.2) is 8.42 Å². The average molecular weight is 287 g/mol. The molecule has 0 fully saturated rings. The summed E-state index contributed by atoms with van der Waals surface area (Å²) in [4.78, 5) is 0.255. The van der Waals surface area contributed by atoms with Gasteiger partial charge in [-0.25, -0.2) is 8.42 Å². The summed E-state index contributed by atoms with van der Waals surface area (Å²) in [6, 6.07) is 15.7. The van der Waals surface area contributed by atoms with E-state index in [1.807, 2.05) is 37.3 Å². The summed E-state index contributed by atoms with van der Waals surface area (Å²) < 4.78 is 27.3. The van der Waals surface area contributed by atoms with Crippen molar-refractivity contribution in [2.45, 2.75) is 17.9 Å². The summed E-state index contributed by atoms with van der Waals surface area (Å²) in [6.45, 7) is 5.62. The van der Waals surface area contributed by atoms with Crippen molar-refractivity contribution in [3.8, 4) is 0 Å². The minimum absolute atomic E-state index is 0.255. The zero-order chi connectivity index (χ0) is 14.6. The molecule has 0 heterocycles. The molecule has 0 saturated carbocycles. The molecule has 2 rings (SSSR count). The van der Waals surface area contributed by atoms with Crippen molar-refractivity contribution in [1.82, 2.24) is 4.72 Å². The predicted molar refractivity (Wildman–Crippen MR) is 80.9 cm³/mol. The third-order valence-corrected chi connectivity index (χ3v) is 4.46. The van der Waals surface area contributed by atoms with Crippen molar-refractivity contribution < 1.29 is 8.42 Å². The molecule has 0 radical (unpaired) electrons. The van der Waals surface area contributed by atoms with Gasteiger partial charge in [0.2, 0.25) is 10.0 Å². The molecule has 0 spiro atoms. The molecule has 1 unspecified atom stereocenters. The SMILES string of the molecule is C=CC(NS(=O)(=O)c1ccc(C)cc1)c1ccccc1. The monoisotopic (exact) mass is 287 g/mol. The zero-order valence-electron chi connectivity index (χ0n) is 11.3. The summed E-state index contributed by atoms with van der Waals surface area (Å²) in [7, 11) is -3.56. The number of hydrogen-bond donors (Lipinski definition) is 1. The van der Waals surface area contributed by atoms with Gasteiger partial charge in [-0.2, -0.15) is 4.72 Å². The van der Waals surface area contributed by atoms with Crippen LogP contribution in [0.1, 0.15) is 17.2 Å². The summed E-state index contributed by atoms with van der Waals surface area (Å²) in [5.41, 5.74) is 1.88. The van der Waals surface area contributed by atoms with E-state index >= 15 is 0 Å². The average Bonchev–Trinajstić information content (AvgIpc) is 2.46. The minimum Gasteiger partial charge on any atom is -0.207 e. The normalized spacial score (nSPS) is 12.8. The molecular weight excluding hydrogens is 270 g/mol.